The van der Waals surface area contributed by atoms with Crippen molar-refractivity contribution in [3.8, 4) is 0 Å². The van der Waals surface area contributed by atoms with Gasteiger partial charge in [0.1, 0.15) is 18.4 Å². The molecular formula is C31H35ClFN3O4S. The van der Waals surface area contributed by atoms with Crippen molar-refractivity contribution in [3.63, 3.8) is 0 Å². The second-order valence-electron chi connectivity index (χ2n) is 10.4. The summed E-state index contributed by atoms with van der Waals surface area (Å²) in [5, 5.41) is 3.41. The summed E-state index contributed by atoms with van der Waals surface area (Å²) < 4.78 is 43.5. The summed E-state index contributed by atoms with van der Waals surface area (Å²) in [5.74, 6) is -1.52. The molecule has 218 valence electrons. The second kappa shape index (κ2) is 13.5. The molecule has 3 aromatic rings. The first-order valence-electron chi connectivity index (χ1n) is 13.7. The molecule has 0 unspecified atom stereocenters. The first kappa shape index (κ1) is 30.5. The van der Waals surface area contributed by atoms with E-state index in [2.05, 4.69) is 5.32 Å². The first-order chi connectivity index (χ1) is 19.6. The molecule has 0 radical (unpaired) electrons. The average Bonchev–Trinajstić information content (AvgIpc) is 2.95. The molecule has 1 aliphatic rings. The van der Waals surface area contributed by atoms with E-state index in [9.17, 15) is 22.4 Å². The number of nitrogens with one attached hydrogen (secondary N) is 1. The minimum absolute atomic E-state index is 0.0122. The van der Waals surface area contributed by atoms with Crippen LogP contribution < -0.4 is 9.62 Å². The largest absolute Gasteiger partial charge is 0.352 e. The minimum Gasteiger partial charge on any atom is -0.352 e. The van der Waals surface area contributed by atoms with Gasteiger partial charge in [-0.05, 0) is 74.7 Å². The number of rotatable bonds is 10. The number of sulfonamides is 1. The number of carbonyl (C=O) groups is 2. The Morgan fingerprint density at radius 2 is 1.68 bits per heavy atom. The SMILES string of the molecule is Cc1cccc(N(CC(=O)N(Cc2ccccc2F)[C@@H](C)C(=O)NC2CCCCC2)S(=O)(=O)c2ccc(Cl)cc2)c1. The molecule has 0 aromatic heterocycles. The molecule has 4 rings (SSSR count). The molecule has 1 saturated carbocycles. The highest BCUT2D eigenvalue weighted by Crippen LogP contribution is 2.26. The molecule has 0 saturated heterocycles. The van der Waals surface area contributed by atoms with Gasteiger partial charge in [0, 0.05) is 23.2 Å². The van der Waals surface area contributed by atoms with Gasteiger partial charge in [-0.15, -0.1) is 0 Å². The van der Waals surface area contributed by atoms with Gasteiger partial charge < -0.3 is 10.2 Å². The molecule has 0 heterocycles. The molecule has 0 spiro atoms. The highest BCUT2D eigenvalue weighted by molar-refractivity contribution is 7.92. The van der Waals surface area contributed by atoms with E-state index < -0.39 is 34.3 Å². The molecule has 1 N–H and O–H groups in total. The van der Waals surface area contributed by atoms with Gasteiger partial charge >= 0.3 is 0 Å². The third-order valence-corrected chi connectivity index (χ3v) is 9.43. The van der Waals surface area contributed by atoms with Crippen LogP contribution in [0.25, 0.3) is 0 Å². The van der Waals surface area contributed by atoms with Gasteiger partial charge in [0.15, 0.2) is 0 Å². The lowest BCUT2D eigenvalue weighted by Crippen LogP contribution is -2.53. The van der Waals surface area contributed by atoms with E-state index in [1.165, 1.54) is 35.2 Å². The van der Waals surface area contributed by atoms with Gasteiger partial charge in [-0.25, -0.2) is 12.8 Å². The van der Waals surface area contributed by atoms with Crippen LogP contribution in [0, 0.1) is 12.7 Å². The van der Waals surface area contributed by atoms with Gasteiger partial charge in [-0.3, -0.25) is 13.9 Å². The molecule has 0 aliphatic heterocycles. The minimum atomic E-state index is -4.21. The number of amides is 2. The van der Waals surface area contributed by atoms with Crippen molar-refractivity contribution in [2.45, 2.75) is 69.5 Å². The number of hydrogen-bond donors (Lipinski definition) is 1. The maximum Gasteiger partial charge on any atom is 0.264 e. The van der Waals surface area contributed by atoms with Crippen LogP contribution in [0.2, 0.25) is 5.02 Å². The standard InChI is InChI=1S/C31H35ClFN3O4S/c1-22-9-8-13-27(19-22)36(41(39,40)28-17-15-25(32)16-18-28)21-30(37)35(20-24-10-6-7-14-29(24)33)23(2)31(38)34-26-11-4-3-5-12-26/h6-10,13-19,23,26H,3-5,11-12,20-21H2,1-2H3,(H,34,38)/t23-/m0/s1. The van der Waals surface area contributed by atoms with Crippen LogP contribution in [0.1, 0.15) is 50.2 Å². The fourth-order valence-corrected chi connectivity index (χ4v) is 6.54. The van der Waals surface area contributed by atoms with Crippen molar-refractivity contribution in [2.24, 2.45) is 0 Å². The Kier molecular flexibility index (Phi) is 10.0. The third kappa shape index (κ3) is 7.65. The molecule has 0 bridgehead atoms. The zero-order valence-corrected chi connectivity index (χ0v) is 24.8. The van der Waals surface area contributed by atoms with Crippen molar-refractivity contribution in [1.29, 1.82) is 0 Å². The van der Waals surface area contributed by atoms with E-state index >= 15 is 0 Å². The number of carbonyl (C=O) groups excluding carboxylic acids is 2. The first-order valence-corrected chi connectivity index (χ1v) is 15.6. The molecule has 1 fully saturated rings. The number of anilines is 1. The summed E-state index contributed by atoms with van der Waals surface area (Å²) in [6, 6.07) is 17.6. The molecule has 2 amide bonds. The normalized spacial score (nSPS) is 14.7. The Labute approximate surface area is 246 Å². The molecule has 7 nitrogen and oxygen atoms in total. The maximum atomic E-state index is 14.7. The monoisotopic (exact) mass is 599 g/mol. The van der Waals surface area contributed by atoms with Gasteiger partial charge in [-0.1, -0.05) is 61.2 Å². The van der Waals surface area contributed by atoms with Crippen LogP contribution in [0.4, 0.5) is 10.1 Å². The van der Waals surface area contributed by atoms with Gasteiger partial charge in [-0.2, -0.15) is 0 Å². The number of benzene rings is 3. The van der Waals surface area contributed by atoms with Crippen molar-refractivity contribution in [3.05, 3.63) is 94.8 Å². The Hall–Kier alpha value is -3.43. The summed E-state index contributed by atoms with van der Waals surface area (Å²) in [4.78, 5) is 28.5. The Morgan fingerprint density at radius 1 is 1.00 bits per heavy atom. The maximum absolute atomic E-state index is 14.7. The highest BCUT2D eigenvalue weighted by Gasteiger charge is 2.33. The van der Waals surface area contributed by atoms with E-state index in [1.807, 2.05) is 13.0 Å². The van der Waals surface area contributed by atoms with Crippen molar-refractivity contribution in [2.75, 3.05) is 10.8 Å². The highest BCUT2D eigenvalue weighted by atomic mass is 35.5. The van der Waals surface area contributed by atoms with Crippen molar-refractivity contribution >= 4 is 39.1 Å². The van der Waals surface area contributed by atoms with Gasteiger partial charge in [0.05, 0.1) is 10.6 Å². The Balaban J connectivity index is 1.68. The summed E-state index contributed by atoms with van der Waals surface area (Å²) >= 11 is 5.99. The lowest BCUT2D eigenvalue weighted by molar-refractivity contribution is -0.139. The van der Waals surface area contributed by atoms with Crippen molar-refractivity contribution < 1.29 is 22.4 Å². The summed E-state index contributed by atoms with van der Waals surface area (Å²) in [6.45, 7) is 2.61. The van der Waals surface area contributed by atoms with Crippen molar-refractivity contribution in [1.82, 2.24) is 10.2 Å². The smallest absolute Gasteiger partial charge is 0.264 e. The van der Waals surface area contributed by atoms with Crippen LogP contribution in [-0.4, -0.2) is 43.8 Å². The summed E-state index contributed by atoms with van der Waals surface area (Å²) in [5.41, 5.74) is 1.31. The third-order valence-electron chi connectivity index (χ3n) is 7.39. The van der Waals surface area contributed by atoms with Crippen LogP contribution in [-0.2, 0) is 26.2 Å². The second-order valence-corrected chi connectivity index (χ2v) is 12.7. The zero-order valence-electron chi connectivity index (χ0n) is 23.2. The van der Waals surface area contributed by atoms with Crippen LogP contribution in [0.3, 0.4) is 0 Å². The van der Waals surface area contributed by atoms with Gasteiger partial charge in [0.2, 0.25) is 11.8 Å². The molecular weight excluding hydrogens is 565 g/mol. The number of hydrogen-bond acceptors (Lipinski definition) is 4. The predicted octanol–water partition coefficient (Wildman–Crippen LogP) is 5.85. The molecule has 41 heavy (non-hydrogen) atoms. The summed E-state index contributed by atoms with van der Waals surface area (Å²) in [6.07, 6.45) is 4.88. The van der Waals surface area contributed by atoms with Crippen LogP contribution >= 0.6 is 11.6 Å². The summed E-state index contributed by atoms with van der Waals surface area (Å²) in [7, 11) is -4.21. The van der Waals surface area contributed by atoms with Crippen LogP contribution in [0.5, 0.6) is 0 Å². The number of halogens is 2. The zero-order chi connectivity index (χ0) is 29.6. The fourth-order valence-electron chi connectivity index (χ4n) is 5.01. The predicted molar refractivity (Wildman–Crippen MR) is 159 cm³/mol. The van der Waals surface area contributed by atoms with Crippen LogP contribution in [0.15, 0.2) is 77.7 Å². The van der Waals surface area contributed by atoms with Gasteiger partial charge in [0.25, 0.3) is 10.0 Å². The molecule has 1 atom stereocenters. The fraction of sp³-hybridized carbons (Fsp3) is 0.355. The number of nitrogens with zero attached hydrogens (tertiary/aromatic N) is 2. The van der Waals surface area contributed by atoms with E-state index in [1.54, 1.807) is 43.3 Å². The molecule has 3 aromatic carbocycles. The van der Waals surface area contributed by atoms with E-state index in [4.69, 9.17) is 11.6 Å². The molecule has 1 aliphatic carbocycles. The lowest BCUT2D eigenvalue weighted by atomic mass is 9.95. The quantitative estimate of drug-likeness (QED) is 0.317. The Morgan fingerprint density at radius 3 is 2.34 bits per heavy atom. The van der Waals surface area contributed by atoms with E-state index in [0.717, 1.165) is 42.0 Å². The Bertz CT molecular complexity index is 1480. The van der Waals surface area contributed by atoms with E-state index in [-0.39, 0.29) is 29.0 Å². The lowest BCUT2D eigenvalue weighted by Gasteiger charge is -2.33. The average molecular weight is 600 g/mol. The topological polar surface area (TPSA) is 86.8 Å². The molecule has 10 heteroatoms. The number of aryl methyl sites for hydroxylation is 1. The van der Waals surface area contributed by atoms with E-state index in [0.29, 0.717) is 10.7 Å².